The molecule has 0 saturated carbocycles. The van der Waals surface area contributed by atoms with Crippen molar-refractivity contribution in [2.24, 2.45) is 0 Å². The van der Waals surface area contributed by atoms with Gasteiger partial charge in [0.15, 0.2) is 5.76 Å². The lowest BCUT2D eigenvalue weighted by Gasteiger charge is -2.29. The van der Waals surface area contributed by atoms with E-state index in [1.54, 1.807) is 25.4 Å². The number of ether oxygens (including phenoxy) is 2. The predicted octanol–water partition coefficient (Wildman–Crippen LogP) is 3.26. The molecule has 1 aromatic carbocycles. The van der Waals surface area contributed by atoms with Gasteiger partial charge in [-0.25, -0.2) is 0 Å². The zero-order chi connectivity index (χ0) is 18.5. The number of hydrogen-bond donors (Lipinski definition) is 1. The van der Waals surface area contributed by atoms with Crippen LogP contribution in [-0.2, 0) is 27.5 Å². The lowest BCUT2D eigenvalue weighted by atomic mass is 9.95. The highest BCUT2D eigenvalue weighted by atomic mass is 32.1. The largest absolute Gasteiger partial charge is 0.459 e. The molecule has 2 heterocycles. The molecular weight excluding hydrogens is 350 g/mol. The van der Waals surface area contributed by atoms with Crippen LogP contribution in [0.15, 0.2) is 52.9 Å². The molecule has 26 heavy (non-hydrogen) atoms. The van der Waals surface area contributed by atoms with Crippen LogP contribution in [-0.4, -0.2) is 36.3 Å². The number of rotatable bonds is 6. The first kappa shape index (κ1) is 18.6. The molecule has 0 saturated heterocycles. The monoisotopic (exact) mass is 373 g/mol. The van der Waals surface area contributed by atoms with Gasteiger partial charge in [-0.05, 0) is 39.6 Å². The molecule has 2 aromatic rings. The van der Waals surface area contributed by atoms with Crippen molar-refractivity contribution >= 4 is 17.2 Å². The SMILES string of the molecule is CN(C)C(=O)C1=C[C@H](c2ccsc2)C[C@H](OCc2ccc(CO)cc2)O1. The quantitative estimate of drug-likeness (QED) is 0.844. The third kappa shape index (κ3) is 4.52. The summed E-state index contributed by atoms with van der Waals surface area (Å²) < 4.78 is 11.8. The highest BCUT2D eigenvalue weighted by molar-refractivity contribution is 7.08. The van der Waals surface area contributed by atoms with E-state index in [0.717, 1.165) is 11.1 Å². The highest BCUT2D eigenvalue weighted by Gasteiger charge is 2.29. The Labute approximate surface area is 157 Å². The maximum atomic E-state index is 12.4. The topological polar surface area (TPSA) is 59.0 Å². The minimum atomic E-state index is -0.485. The van der Waals surface area contributed by atoms with Crippen LogP contribution in [0.2, 0.25) is 0 Å². The maximum absolute atomic E-state index is 12.4. The zero-order valence-electron chi connectivity index (χ0n) is 14.9. The van der Waals surface area contributed by atoms with Crippen LogP contribution >= 0.6 is 11.3 Å². The van der Waals surface area contributed by atoms with Crippen LogP contribution in [0.3, 0.4) is 0 Å². The Bertz CT molecular complexity index is 753. The van der Waals surface area contributed by atoms with Crippen molar-refractivity contribution < 1.29 is 19.4 Å². The maximum Gasteiger partial charge on any atom is 0.288 e. The predicted molar refractivity (Wildman–Crippen MR) is 100 cm³/mol. The summed E-state index contributed by atoms with van der Waals surface area (Å²) in [4.78, 5) is 13.9. The number of nitrogens with zero attached hydrogens (tertiary/aromatic N) is 1. The second-order valence-corrected chi connectivity index (χ2v) is 7.24. The highest BCUT2D eigenvalue weighted by Crippen LogP contribution is 2.33. The molecule has 1 aliphatic heterocycles. The Hall–Kier alpha value is -2.15. The summed E-state index contributed by atoms with van der Waals surface area (Å²) >= 11 is 1.64. The fourth-order valence-electron chi connectivity index (χ4n) is 2.78. The number of thiophene rings is 1. The lowest BCUT2D eigenvalue weighted by Crippen LogP contribution is -2.32. The summed E-state index contributed by atoms with van der Waals surface area (Å²) in [6, 6.07) is 9.66. The molecule has 2 atom stereocenters. The van der Waals surface area contributed by atoms with Crippen LogP contribution in [0.5, 0.6) is 0 Å². The summed E-state index contributed by atoms with van der Waals surface area (Å²) in [6.07, 6.45) is 2.07. The number of hydrogen-bond acceptors (Lipinski definition) is 5. The molecule has 0 bridgehead atoms. The number of aliphatic hydroxyl groups excluding tert-OH is 1. The van der Waals surface area contributed by atoms with E-state index in [9.17, 15) is 4.79 Å². The van der Waals surface area contributed by atoms with E-state index in [1.165, 1.54) is 10.5 Å². The molecule has 0 aliphatic carbocycles. The van der Waals surface area contributed by atoms with E-state index in [2.05, 4.69) is 11.4 Å². The number of benzene rings is 1. The Morgan fingerprint density at radius 1 is 1.27 bits per heavy atom. The van der Waals surface area contributed by atoms with E-state index >= 15 is 0 Å². The van der Waals surface area contributed by atoms with Crippen molar-refractivity contribution in [1.29, 1.82) is 0 Å². The molecule has 6 heteroatoms. The number of carbonyl (C=O) groups excluding carboxylic acids is 1. The second-order valence-electron chi connectivity index (χ2n) is 6.46. The molecule has 1 N–H and O–H groups in total. The van der Waals surface area contributed by atoms with E-state index < -0.39 is 6.29 Å². The van der Waals surface area contributed by atoms with Crippen molar-refractivity contribution in [3.8, 4) is 0 Å². The Morgan fingerprint density at radius 2 is 2.00 bits per heavy atom. The number of allylic oxidation sites excluding steroid dienone is 1. The molecule has 1 amide bonds. The van der Waals surface area contributed by atoms with Crippen LogP contribution in [0, 0.1) is 0 Å². The van der Waals surface area contributed by atoms with Crippen molar-refractivity contribution in [2.45, 2.75) is 31.8 Å². The van der Waals surface area contributed by atoms with Gasteiger partial charge in [0.25, 0.3) is 5.91 Å². The van der Waals surface area contributed by atoms with Crippen LogP contribution in [0.1, 0.15) is 29.0 Å². The Kier molecular flexibility index (Phi) is 6.08. The van der Waals surface area contributed by atoms with Gasteiger partial charge in [-0.3, -0.25) is 4.79 Å². The van der Waals surface area contributed by atoms with Crippen LogP contribution in [0.4, 0.5) is 0 Å². The van der Waals surface area contributed by atoms with Crippen molar-refractivity contribution in [1.82, 2.24) is 4.90 Å². The van der Waals surface area contributed by atoms with Gasteiger partial charge in [-0.1, -0.05) is 24.3 Å². The minimum absolute atomic E-state index is 0.0238. The summed E-state index contributed by atoms with van der Waals surface area (Å²) in [5.41, 5.74) is 3.03. The van der Waals surface area contributed by atoms with Crippen molar-refractivity contribution in [3.05, 3.63) is 69.6 Å². The molecule has 138 valence electrons. The molecule has 1 aliphatic rings. The van der Waals surface area contributed by atoms with Gasteiger partial charge in [0.1, 0.15) is 0 Å². The zero-order valence-corrected chi connectivity index (χ0v) is 15.7. The standard InChI is InChI=1S/C20H23NO4S/c1-21(2)20(23)18-9-17(16-7-8-26-13-16)10-19(25-18)24-12-15-5-3-14(11-22)4-6-15/h3-9,13,17,19,22H,10-12H2,1-2H3/t17-,19+/m0/s1. The molecular formula is C20H23NO4S. The van der Waals surface area contributed by atoms with Crippen LogP contribution < -0.4 is 0 Å². The molecule has 0 radical (unpaired) electrons. The number of likely N-dealkylation sites (N-methyl/N-ethyl adjacent to an activating group) is 1. The average molecular weight is 373 g/mol. The van der Waals surface area contributed by atoms with E-state index in [1.807, 2.05) is 35.7 Å². The van der Waals surface area contributed by atoms with Crippen molar-refractivity contribution in [2.75, 3.05) is 14.1 Å². The van der Waals surface area contributed by atoms with Gasteiger partial charge in [0.05, 0.1) is 13.2 Å². The smallest absolute Gasteiger partial charge is 0.288 e. The van der Waals surface area contributed by atoms with E-state index in [0.29, 0.717) is 18.8 Å². The van der Waals surface area contributed by atoms with Gasteiger partial charge >= 0.3 is 0 Å². The molecule has 0 spiro atoms. The lowest BCUT2D eigenvalue weighted by molar-refractivity contribution is -0.154. The summed E-state index contributed by atoms with van der Waals surface area (Å²) in [5, 5.41) is 13.2. The molecule has 1 aromatic heterocycles. The van der Waals surface area contributed by atoms with E-state index in [4.69, 9.17) is 14.6 Å². The normalized spacial score (nSPS) is 19.6. The molecule has 3 rings (SSSR count). The summed E-state index contributed by atoms with van der Waals surface area (Å²) in [5.74, 6) is 0.263. The van der Waals surface area contributed by atoms with Gasteiger partial charge in [0, 0.05) is 26.4 Å². The van der Waals surface area contributed by atoms with Gasteiger partial charge in [-0.15, -0.1) is 0 Å². The summed E-state index contributed by atoms with van der Waals surface area (Å²) in [6.45, 7) is 0.409. The van der Waals surface area contributed by atoms with E-state index in [-0.39, 0.29) is 18.4 Å². The molecule has 5 nitrogen and oxygen atoms in total. The van der Waals surface area contributed by atoms with Crippen molar-refractivity contribution in [3.63, 3.8) is 0 Å². The molecule has 0 fully saturated rings. The van der Waals surface area contributed by atoms with Gasteiger partial charge < -0.3 is 19.5 Å². The first-order valence-corrected chi connectivity index (χ1v) is 9.43. The Morgan fingerprint density at radius 3 is 2.62 bits per heavy atom. The minimum Gasteiger partial charge on any atom is -0.459 e. The fourth-order valence-corrected chi connectivity index (χ4v) is 3.50. The number of aliphatic hydroxyl groups is 1. The summed E-state index contributed by atoms with van der Waals surface area (Å²) in [7, 11) is 3.42. The number of carbonyl (C=O) groups is 1. The van der Waals surface area contributed by atoms with Gasteiger partial charge in [-0.2, -0.15) is 11.3 Å². The molecule has 0 unspecified atom stereocenters. The Balaban J connectivity index is 1.70. The van der Waals surface area contributed by atoms with Gasteiger partial charge in [0.2, 0.25) is 6.29 Å². The fraction of sp³-hybridized carbons (Fsp3) is 0.350. The first-order chi connectivity index (χ1) is 12.6. The van der Waals surface area contributed by atoms with Crippen LogP contribution in [0.25, 0.3) is 0 Å². The number of amides is 1. The average Bonchev–Trinajstić information content (AvgIpc) is 3.20. The first-order valence-electron chi connectivity index (χ1n) is 8.49. The second kappa shape index (κ2) is 8.49. The third-order valence-corrected chi connectivity index (χ3v) is 4.99. The third-order valence-electron chi connectivity index (χ3n) is 4.29.